The molecule has 1 saturated carbocycles. The van der Waals surface area contributed by atoms with Crippen LogP contribution in [-0.4, -0.2) is 52.6 Å². The molecule has 2 aliphatic heterocycles. The van der Waals surface area contributed by atoms with Crippen molar-refractivity contribution in [1.82, 2.24) is 15.2 Å². The molecular formula is C23H23ClN6OS. The summed E-state index contributed by atoms with van der Waals surface area (Å²) < 4.78 is 0. The largest absolute Gasteiger partial charge is 0.314 e. The van der Waals surface area contributed by atoms with Crippen molar-refractivity contribution in [1.29, 1.82) is 5.26 Å². The van der Waals surface area contributed by atoms with Crippen molar-refractivity contribution in [3.8, 4) is 6.07 Å². The van der Waals surface area contributed by atoms with E-state index in [-0.39, 0.29) is 16.6 Å². The highest BCUT2D eigenvalue weighted by Crippen LogP contribution is 2.47. The standard InChI is InChI=1S/C23H23ClN6OS/c24-19-12-18(14-27-20(19)13-25)29-21(31)23(6-1-7-23)30(22(29)32)17-4-2-16(3-5-17)15-28-10-8-26-9-11-28/h2-5,12,14,26H,1,6-11,15H2. The van der Waals surface area contributed by atoms with E-state index in [1.165, 1.54) is 16.7 Å². The maximum absolute atomic E-state index is 13.5. The number of pyridine rings is 1. The summed E-state index contributed by atoms with van der Waals surface area (Å²) in [6.07, 6.45) is 3.97. The summed E-state index contributed by atoms with van der Waals surface area (Å²) in [5, 5.41) is 13.1. The van der Waals surface area contributed by atoms with Gasteiger partial charge in [0.15, 0.2) is 10.8 Å². The number of hydrogen-bond donors (Lipinski definition) is 1. The van der Waals surface area contributed by atoms with E-state index >= 15 is 0 Å². The summed E-state index contributed by atoms with van der Waals surface area (Å²) >= 11 is 12.0. The lowest BCUT2D eigenvalue weighted by molar-refractivity contribution is -0.123. The summed E-state index contributed by atoms with van der Waals surface area (Å²) in [4.78, 5) is 23.6. The van der Waals surface area contributed by atoms with Crippen LogP contribution in [0.4, 0.5) is 11.4 Å². The Bertz CT molecular complexity index is 1100. The zero-order valence-electron chi connectivity index (χ0n) is 17.6. The molecule has 1 amide bonds. The molecule has 32 heavy (non-hydrogen) atoms. The number of carbonyl (C=O) groups excluding carboxylic acids is 1. The van der Waals surface area contributed by atoms with Gasteiger partial charge < -0.3 is 10.2 Å². The molecule has 164 valence electrons. The average molecular weight is 467 g/mol. The molecule has 2 aromatic rings. The van der Waals surface area contributed by atoms with Crippen molar-refractivity contribution < 1.29 is 4.79 Å². The van der Waals surface area contributed by atoms with Gasteiger partial charge in [-0.05, 0) is 55.2 Å². The van der Waals surface area contributed by atoms with Gasteiger partial charge in [-0.1, -0.05) is 23.7 Å². The molecule has 7 nitrogen and oxygen atoms in total. The molecule has 1 aromatic carbocycles. The Balaban J connectivity index is 1.43. The zero-order valence-corrected chi connectivity index (χ0v) is 19.1. The molecule has 1 aromatic heterocycles. The lowest BCUT2D eigenvalue weighted by Crippen LogP contribution is -2.55. The highest BCUT2D eigenvalue weighted by Gasteiger charge is 2.59. The van der Waals surface area contributed by atoms with Gasteiger partial charge in [-0.3, -0.25) is 14.6 Å². The Morgan fingerprint density at radius 1 is 1.19 bits per heavy atom. The van der Waals surface area contributed by atoms with Gasteiger partial charge in [0.2, 0.25) is 0 Å². The lowest BCUT2D eigenvalue weighted by atomic mass is 9.75. The van der Waals surface area contributed by atoms with Crippen molar-refractivity contribution in [3.05, 3.63) is 52.8 Å². The fraction of sp³-hybridized carbons (Fsp3) is 0.391. The maximum atomic E-state index is 13.5. The van der Waals surface area contributed by atoms with Crippen LogP contribution < -0.4 is 15.1 Å². The van der Waals surface area contributed by atoms with Gasteiger partial charge in [-0.25, -0.2) is 4.98 Å². The number of nitrogens with one attached hydrogen (secondary N) is 1. The van der Waals surface area contributed by atoms with Crippen LogP contribution in [0.25, 0.3) is 0 Å². The molecule has 1 N–H and O–H groups in total. The number of amides is 1. The lowest BCUT2D eigenvalue weighted by Gasteiger charge is -2.43. The molecule has 0 bridgehead atoms. The molecule has 0 radical (unpaired) electrons. The first-order valence-electron chi connectivity index (χ1n) is 10.8. The second kappa shape index (κ2) is 8.41. The second-order valence-corrected chi connectivity index (χ2v) is 9.24. The molecule has 0 atom stereocenters. The number of halogens is 1. The highest BCUT2D eigenvalue weighted by atomic mass is 35.5. The molecule has 1 aliphatic carbocycles. The molecule has 3 aliphatic rings. The SMILES string of the molecule is N#Cc1ncc(N2C(=O)C3(CCC3)N(c3ccc(CN4CCNCC4)cc3)C2=S)cc1Cl. The van der Waals surface area contributed by atoms with Crippen molar-refractivity contribution >= 4 is 46.2 Å². The molecule has 3 heterocycles. The van der Waals surface area contributed by atoms with E-state index in [1.807, 2.05) is 11.0 Å². The van der Waals surface area contributed by atoms with Crippen molar-refractivity contribution in [3.63, 3.8) is 0 Å². The third-order valence-electron chi connectivity index (χ3n) is 6.59. The smallest absolute Gasteiger partial charge is 0.259 e. The Morgan fingerprint density at radius 2 is 1.91 bits per heavy atom. The van der Waals surface area contributed by atoms with E-state index in [4.69, 9.17) is 29.1 Å². The highest BCUT2D eigenvalue weighted by molar-refractivity contribution is 7.81. The molecule has 5 rings (SSSR count). The Labute approximate surface area is 197 Å². The summed E-state index contributed by atoms with van der Waals surface area (Å²) in [5.41, 5.74) is 2.13. The molecule has 1 spiro atoms. The van der Waals surface area contributed by atoms with Gasteiger partial charge >= 0.3 is 0 Å². The van der Waals surface area contributed by atoms with Crippen LogP contribution in [0.5, 0.6) is 0 Å². The first-order valence-corrected chi connectivity index (χ1v) is 11.6. The third-order valence-corrected chi connectivity index (χ3v) is 7.25. The monoisotopic (exact) mass is 466 g/mol. The van der Waals surface area contributed by atoms with E-state index < -0.39 is 5.54 Å². The Morgan fingerprint density at radius 3 is 2.50 bits per heavy atom. The second-order valence-electron chi connectivity index (χ2n) is 8.47. The minimum absolute atomic E-state index is 0.0544. The fourth-order valence-corrected chi connectivity index (χ4v) is 5.39. The van der Waals surface area contributed by atoms with Gasteiger partial charge in [0.05, 0.1) is 16.9 Å². The number of hydrogen-bond acceptors (Lipinski definition) is 6. The fourth-order valence-electron chi connectivity index (χ4n) is 4.72. The minimum atomic E-state index is -0.655. The quantitative estimate of drug-likeness (QED) is 0.694. The number of benzene rings is 1. The average Bonchev–Trinajstić information content (AvgIpc) is 3.02. The number of thiocarbonyl (C=S) groups is 1. The van der Waals surface area contributed by atoms with Gasteiger partial charge in [0.1, 0.15) is 11.6 Å². The summed E-state index contributed by atoms with van der Waals surface area (Å²) in [6, 6.07) is 11.9. The molecule has 9 heteroatoms. The zero-order chi connectivity index (χ0) is 22.3. The van der Waals surface area contributed by atoms with Crippen LogP contribution in [0.3, 0.4) is 0 Å². The number of nitrogens with zero attached hydrogens (tertiary/aromatic N) is 5. The van der Waals surface area contributed by atoms with Gasteiger partial charge in [-0.2, -0.15) is 5.26 Å². The topological polar surface area (TPSA) is 75.5 Å². The van der Waals surface area contributed by atoms with Crippen LogP contribution in [0, 0.1) is 11.3 Å². The molecular weight excluding hydrogens is 444 g/mol. The normalized spacial score (nSPS) is 20.5. The Hall–Kier alpha value is -2.57. The number of rotatable bonds is 4. The van der Waals surface area contributed by atoms with Gasteiger partial charge in [0.25, 0.3) is 5.91 Å². The van der Waals surface area contributed by atoms with Gasteiger partial charge in [0, 0.05) is 38.4 Å². The number of nitriles is 1. The number of anilines is 2. The van der Waals surface area contributed by atoms with Crippen LogP contribution in [0.1, 0.15) is 30.5 Å². The maximum Gasteiger partial charge on any atom is 0.259 e. The first-order chi connectivity index (χ1) is 15.5. The van der Waals surface area contributed by atoms with Gasteiger partial charge in [-0.15, -0.1) is 0 Å². The van der Waals surface area contributed by atoms with E-state index in [0.29, 0.717) is 10.8 Å². The summed E-state index contributed by atoms with van der Waals surface area (Å²) in [6.45, 7) is 5.05. The van der Waals surface area contributed by atoms with Crippen molar-refractivity contribution in [2.75, 3.05) is 36.0 Å². The number of carbonyl (C=O) groups is 1. The third kappa shape index (κ3) is 3.46. The van der Waals surface area contributed by atoms with E-state index in [9.17, 15) is 4.79 Å². The summed E-state index contributed by atoms with van der Waals surface area (Å²) in [7, 11) is 0. The van der Waals surface area contributed by atoms with Crippen LogP contribution in [0.2, 0.25) is 5.02 Å². The minimum Gasteiger partial charge on any atom is -0.314 e. The molecule has 0 unspecified atom stereocenters. The van der Waals surface area contributed by atoms with Crippen molar-refractivity contribution in [2.24, 2.45) is 0 Å². The predicted octanol–water partition coefficient (Wildman–Crippen LogP) is 3.07. The number of aromatic nitrogens is 1. The molecule has 2 saturated heterocycles. The Kier molecular flexibility index (Phi) is 5.59. The van der Waals surface area contributed by atoms with Crippen LogP contribution in [0.15, 0.2) is 36.5 Å². The van der Waals surface area contributed by atoms with E-state index in [1.54, 1.807) is 6.07 Å². The van der Waals surface area contributed by atoms with E-state index in [2.05, 4.69) is 39.5 Å². The van der Waals surface area contributed by atoms with Crippen LogP contribution in [-0.2, 0) is 11.3 Å². The number of piperazine rings is 1. The van der Waals surface area contributed by atoms with Crippen LogP contribution >= 0.6 is 23.8 Å². The molecule has 3 fully saturated rings. The predicted molar refractivity (Wildman–Crippen MR) is 128 cm³/mol. The van der Waals surface area contributed by atoms with E-state index in [0.717, 1.165) is 57.7 Å². The first kappa shape index (κ1) is 21.3. The van der Waals surface area contributed by atoms with Crippen molar-refractivity contribution in [2.45, 2.75) is 31.3 Å². The summed E-state index contributed by atoms with van der Waals surface area (Å²) in [5.74, 6) is -0.0544.